The standard InChI is InChI=1S/C15H20F2N2OS/c16-12-6-5-11(7-13(12)17)21-9-15(20)19-14-4-2-1-3-10(14)8-18/h5-7,10,14H,1-4,8-9,18H2,(H,19,20). The maximum atomic E-state index is 13.1. The van der Waals surface area contributed by atoms with Gasteiger partial charge in [-0.2, -0.15) is 0 Å². The van der Waals surface area contributed by atoms with Crippen LogP contribution in [0.4, 0.5) is 8.78 Å². The lowest BCUT2D eigenvalue weighted by atomic mass is 9.84. The zero-order valence-electron chi connectivity index (χ0n) is 11.8. The molecule has 0 aromatic heterocycles. The molecule has 6 heteroatoms. The summed E-state index contributed by atoms with van der Waals surface area (Å²) in [5, 5.41) is 3.01. The number of hydrogen-bond donors (Lipinski definition) is 2. The Labute approximate surface area is 127 Å². The Kier molecular flexibility index (Phi) is 5.99. The SMILES string of the molecule is NCC1CCCCC1NC(=O)CSc1ccc(F)c(F)c1. The van der Waals surface area contributed by atoms with E-state index >= 15 is 0 Å². The number of carbonyl (C=O) groups excluding carboxylic acids is 1. The van der Waals surface area contributed by atoms with E-state index in [1.54, 1.807) is 0 Å². The first-order valence-corrected chi connectivity index (χ1v) is 8.16. The van der Waals surface area contributed by atoms with Crippen LogP contribution in [0.5, 0.6) is 0 Å². The summed E-state index contributed by atoms with van der Waals surface area (Å²) >= 11 is 1.20. The Hall–Kier alpha value is -1.14. The third-order valence-corrected chi connectivity index (χ3v) is 4.81. The van der Waals surface area contributed by atoms with Crippen molar-refractivity contribution in [1.82, 2.24) is 5.32 Å². The second-order valence-electron chi connectivity index (χ2n) is 5.32. The lowest BCUT2D eigenvalue weighted by Gasteiger charge is -2.31. The van der Waals surface area contributed by atoms with E-state index in [0.717, 1.165) is 37.8 Å². The van der Waals surface area contributed by atoms with Gasteiger partial charge in [-0.15, -0.1) is 11.8 Å². The second kappa shape index (κ2) is 7.75. The zero-order chi connectivity index (χ0) is 15.2. The number of thioether (sulfide) groups is 1. The van der Waals surface area contributed by atoms with Gasteiger partial charge in [-0.05, 0) is 43.5 Å². The topological polar surface area (TPSA) is 55.1 Å². The maximum Gasteiger partial charge on any atom is 0.230 e. The van der Waals surface area contributed by atoms with Crippen molar-refractivity contribution >= 4 is 17.7 Å². The average molecular weight is 314 g/mol. The van der Waals surface area contributed by atoms with Crippen LogP contribution in [0.3, 0.4) is 0 Å². The van der Waals surface area contributed by atoms with Gasteiger partial charge in [-0.25, -0.2) is 8.78 Å². The van der Waals surface area contributed by atoms with E-state index in [1.807, 2.05) is 0 Å². The molecule has 1 saturated carbocycles. The number of amides is 1. The van der Waals surface area contributed by atoms with Gasteiger partial charge < -0.3 is 11.1 Å². The number of carbonyl (C=O) groups is 1. The smallest absolute Gasteiger partial charge is 0.230 e. The third kappa shape index (κ3) is 4.68. The number of halogens is 2. The second-order valence-corrected chi connectivity index (χ2v) is 6.37. The summed E-state index contributed by atoms with van der Waals surface area (Å²) in [5.74, 6) is -1.32. The molecule has 3 N–H and O–H groups in total. The molecule has 21 heavy (non-hydrogen) atoms. The molecular weight excluding hydrogens is 294 g/mol. The highest BCUT2D eigenvalue weighted by atomic mass is 32.2. The van der Waals surface area contributed by atoms with Crippen molar-refractivity contribution in [3.8, 4) is 0 Å². The third-order valence-electron chi connectivity index (χ3n) is 3.82. The molecule has 1 amide bonds. The van der Waals surface area contributed by atoms with E-state index in [9.17, 15) is 13.6 Å². The van der Waals surface area contributed by atoms with Crippen LogP contribution in [0, 0.1) is 17.6 Å². The number of rotatable bonds is 5. The van der Waals surface area contributed by atoms with Gasteiger partial charge in [0.05, 0.1) is 5.75 Å². The molecule has 3 nitrogen and oxygen atoms in total. The van der Waals surface area contributed by atoms with E-state index in [4.69, 9.17) is 5.73 Å². The number of hydrogen-bond acceptors (Lipinski definition) is 3. The highest BCUT2D eigenvalue weighted by Gasteiger charge is 2.25. The summed E-state index contributed by atoms with van der Waals surface area (Å²) in [4.78, 5) is 12.5. The summed E-state index contributed by atoms with van der Waals surface area (Å²) in [6.45, 7) is 0.585. The first-order chi connectivity index (χ1) is 10.1. The van der Waals surface area contributed by atoms with Crippen molar-refractivity contribution in [1.29, 1.82) is 0 Å². The van der Waals surface area contributed by atoms with Crippen LogP contribution in [-0.2, 0) is 4.79 Å². The van der Waals surface area contributed by atoms with Gasteiger partial charge in [0.1, 0.15) is 0 Å². The predicted molar refractivity (Wildman–Crippen MR) is 80.0 cm³/mol. The molecule has 1 aromatic rings. The Morgan fingerprint density at radius 3 is 2.76 bits per heavy atom. The van der Waals surface area contributed by atoms with Gasteiger partial charge in [0.25, 0.3) is 0 Å². The van der Waals surface area contributed by atoms with Gasteiger partial charge in [-0.1, -0.05) is 12.8 Å². The van der Waals surface area contributed by atoms with Gasteiger partial charge >= 0.3 is 0 Å². The highest BCUT2D eigenvalue weighted by molar-refractivity contribution is 8.00. The monoisotopic (exact) mass is 314 g/mol. The Bertz CT molecular complexity index is 499. The fourth-order valence-corrected chi connectivity index (χ4v) is 3.38. The maximum absolute atomic E-state index is 13.1. The van der Waals surface area contributed by atoms with Gasteiger partial charge in [-0.3, -0.25) is 4.79 Å². The largest absolute Gasteiger partial charge is 0.352 e. The number of nitrogens with two attached hydrogens (primary N) is 1. The molecular formula is C15H20F2N2OS. The zero-order valence-corrected chi connectivity index (χ0v) is 12.6. The van der Waals surface area contributed by atoms with E-state index in [1.165, 1.54) is 17.8 Å². The number of benzene rings is 1. The van der Waals surface area contributed by atoms with Crippen LogP contribution in [0.25, 0.3) is 0 Å². The predicted octanol–water partition coefficient (Wildman–Crippen LogP) is 2.69. The first-order valence-electron chi connectivity index (χ1n) is 7.17. The molecule has 1 aliphatic rings. The minimum absolute atomic E-state index is 0.0879. The van der Waals surface area contributed by atoms with Crippen LogP contribution in [0.15, 0.2) is 23.1 Å². The van der Waals surface area contributed by atoms with Crippen LogP contribution in [-0.4, -0.2) is 24.2 Å². The van der Waals surface area contributed by atoms with Crippen molar-refractivity contribution in [2.24, 2.45) is 11.7 Å². The van der Waals surface area contributed by atoms with Crippen molar-refractivity contribution in [3.05, 3.63) is 29.8 Å². The molecule has 0 heterocycles. The minimum atomic E-state index is -0.893. The first kappa shape index (κ1) is 16.2. The molecule has 116 valence electrons. The molecule has 0 spiro atoms. The molecule has 0 bridgehead atoms. The van der Waals surface area contributed by atoms with Gasteiger partial charge in [0, 0.05) is 10.9 Å². The van der Waals surface area contributed by atoms with Gasteiger partial charge in [0.15, 0.2) is 11.6 Å². The Balaban J connectivity index is 1.82. The van der Waals surface area contributed by atoms with E-state index in [0.29, 0.717) is 17.4 Å². The molecule has 0 saturated heterocycles. The lowest BCUT2D eigenvalue weighted by molar-refractivity contribution is -0.119. The van der Waals surface area contributed by atoms with E-state index < -0.39 is 11.6 Å². The van der Waals surface area contributed by atoms with E-state index in [-0.39, 0.29) is 17.7 Å². The van der Waals surface area contributed by atoms with Crippen molar-refractivity contribution in [2.45, 2.75) is 36.6 Å². The highest BCUT2D eigenvalue weighted by Crippen LogP contribution is 2.24. The normalized spacial score (nSPS) is 22.0. The Morgan fingerprint density at radius 1 is 1.29 bits per heavy atom. The molecule has 1 aromatic carbocycles. The average Bonchev–Trinajstić information content (AvgIpc) is 2.49. The summed E-state index contributed by atoms with van der Waals surface area (Å²) in [7, 11) is 0. The quantitative estimate of drug-likeness (QED) is 0.822. The van der Waals surface area contributed by atoms with Crippen molar-refractivity contribution < 1.29 is 13.6 Å². The summed E-state index contributed by atoms with van der Waals surface area (Å²) in [6.07, 6.45) is 4.29. The van der Waals surface area contributed by atoms with Crippen LogP contribution in [0.1, 0.15) is 25.7 Å². The van der Waals surface area contributed by atoms with Crippen LogP contribution >= 0.6 is 11.8 Å². The molecule has 1 aliphatic carbocycles. The van der Waals surface area contributed by atoms with Crippen LogP contribution < -0.4 is 11.1 Å². The van der Waals surface area contributed by atoms with Crippen molar-refractivity contribution in [3.63, 3.8) is 0 Å². The minimum Gasteiger partial charge on any atom is -0.352 e. The molecule has 0 radical (unpaired) electrons. The molecule has 2 atom stereocenters. The van der Waals surface area contributed by atoms with E-state index in [2.05, 4.69) is 5.32 Å². The van der Waals surface area contributed by atoms with Crippen molar-refractivity contribution in [2.75, 3.05) is 12.3 Å². The molecule has 2 rings (SSSR count). The fourth-order valence-electron chi connectivity index (χ4n) is 2.64. The molecule has 2 unspecified atom stereocenters. The summed E-state index contributed by atoms with van der Waals surface area (Å²) < 4.78 is 25.9. The molecule has 0 aliphatic heterocycles. The fraction of sp³-hybridized carbons (Fsp3) is 0.533. The summed E-state index contributed by atoms with van der Waals surface area (Å²) in [6, 6.07) is 3.79. The number of nitrogens with one attached hydrogen (secondary N) is 1. The molecule has 1 fully saturated rings. The summed E-state index contributed by atoms with van der Waals surface area (Å²) in [5.41, 5.74) is 5.73. The van der Waals surface area contributed by atoms with Crippen LogP contribution in [0.2, 0.25) is 0 Å². The van der Waals surface area contributed by atoms with Gasteiger partial charge in [0.2, 0.25) is 5.91 Å². The Morgan fingerprint density at radius 2 is 2.05 bits per heavy atom. The lowest BCUT2D eigenvalue weighted by Crippen LogP contribution is -2.45.